The minimum atomic E-state index is -0.893. The summed E-state index contributed by atoms with van der Waals surface area (Å²) in [4.78, 5) is 36.6. The molecule has 0 aliphatic heterocycles. The van der Waals surface area contributed by atoms with Crippen molar-refractivity contribution in [2.75, 3.05) is 16.4 Å². The van der Waals surface area contributed by atoms with E-state index in [1.54, 1.807) is 54.6 Å². The Morgan fingerprint density at radius 1 is 1.05 bits per heavy atom. The van der Waals surface area contributed by atoms with Gasteiger partial charge in [-0.3, -0.25) is 14.9 Å². The van der Waals surface area contributed by atoms with Crippen LogP contribution in [0.25, 0.3) is 0 Å². The fraction of sp³-hybridized carbons (Fsp3) is 0.233. The molecule has 0 heterocycles. The maximum absolute atomic E-state index is 14.2. The number of ketones is 1. The lowest BCUT2D eigenvalue weighted by atomic mass is 9.78. The molecule has 2 amide bonds. The van der Waals surface area contributed by atoms with Crippen molar-refractivity contribution in [2.24, 2.45) is 5.41 Å². The van der Waals surface area contributed by atoms with Crippen LogP contribution in [-0.4, -0.2) is 22.9 Å². The Kier molecular flexibility index (Phi) is 9.43. The summed E-state index contributed by atoms with van der Waals surface area (Å²) < 4.78 is 20.0. The number of nitrogens with one attached hydrogen (secondary N) is 2. The van der Waals surface area contributed by atoms with E-state index in [0.29, 0.717) is 41.0 Å². The molecule has 3 rings (SSSR count). The van der Waals surface area contributed by atoms with Crippen LogP contribution in [0, 0.1) is 11.2 Å². The van der Waals surface area contributed by atoms with Crippen molar-refractivity contribution in [2.45, 2.75) is 39.7 Å². The number of phenols is 1. The third-order valence-electron chi connectivity index (χ3n) is 6.19. The van der Waals surface area contributed by atoms with Crippen molar-refractivity contribution >= 4 is 34.8 Å². The molecule has 0 aliphatic carbocycles. The minimum absolute atomic E-state index is 0.101. The van der Waals surface area contributed by atoms with Gasteiger partial charge in [0.05, 0.1) is 11.4 Å². The first-order valence-electron chi connectivity index (χ1n) is 12.4. The molecule has 0 fully saturated rings. The number of rotatable bonds is 10. The predicted molar refractivity (Wildman–Crippen MR) is 149 cm³/mol. The van der Waals surface area contributed by atoms with Gasteiger partial charge in [-0.2, -0.15) is 0 Å². The van der Waals surface area contributed by atoms with Crippen LogP contribution in [0.4, 0.5) is 26.2 Å². The summed E-state index contributed by atoms with van der Waals surface area (Å²) in [6.07, 6.45) is 2.36. The highest BCUT2D eigenvalue weighted by molar-refractivity contribution is 6.01. The monoisotopic (exact) mass is 533 g/mol. The molecule has 1 atom stereocenters. The molecule has 0 unspecified atom stereocenters. The van der Waals surface area contributed by atoms with E-state index >= 15 is 0 Å². The van der Waals surface area contributed by atoms with Gasteiger partial charge in [0.1, 0.15) is 6.10 Å². The Bertz CT molecular complexity index is 1370. The average molecular weight is 534 g/mol. The second kappa shape index (κ2) is 12.7. The van der Waals surface area contributed by atoms with E-state index in [4.69, 9.17) is 10.5 Å². The molecule has 0 aromatic heterocycles. The fourth-order valence-electron chi connectivity index (χ4n) is 3.97. The Morgan fingerprint density at radius 3 is 2.38 bits per heavy atom. The number of hydrogen-bond donors (Lipinski definition) is 4. The van der Waals surface area contributed by atoms with Crippen molar-refractivity contribution in [1.29, 1.82) is 0 Å². The van der Waals surface area contributed by atoms with Crippen molar-refractivity contribution in [3.8, 4) is 5.75 Å². The van der Waals surface area contributed by atoms with E-state index in [0.717, 1.165) is 6.07 Å². The number of amides is 2. The van der Waals surface area contributed by atoms with Gasteiger partial charge >= 0.3 is 6.09 Å². The smallest absolute Gasteiger partial charge is 0.412 e. The number of nitrogen functional groups attached to an aromatic ring is 1. The quantitative estimate of drug-likeness (QED) is 0.132. The standard InChI is InChI=1S/C30H32FN3O5/c1-19(35)20-11-14-22(15-12-20)33-29(38)39-28(21-13-16-26(36)23(31)18-21)30(2,3)17-7-6-10-27(37)34-25-9-5-4-8-24(25)32/h4-6,8-16,18,28,36H,7,17,32H2,1-3H3,(H,33,38)(H,34,37)/b10-6+/t28-/m1/s1. The first kappa shape index (κ1) is 28.9. The highest BCUT2D eigenvalue weighted by Gasteiger charge is 2.34. The third-order valence-corrected chi connectivity index (χ3v) is 6.19. The van der Waals surface area contributed by atoms with Crippen LogP contribution in [0.15, 0.2) is 78.9 Å². The van der Waals surface area contributed by atoms with Crippen LogP contribution < -0.4 is 16.4 Å². The van der Waals surface area contributed by atoms with E-state index in [9.17, 15) is 23.9 Å². The average Bonchev–Trinajstić information content (AvgIpc) is 2.88. The lowest BCUT2D eigenvalue weighted by Gasteiger charge is -2.34. The van der Waals surface area contributed by atoms with Crippen molar-refractivity contribution in [3.63, 3.8) is 0 Å². The number of Topliss-reactive ketones (excluding diaryl/α,β-unsaturated/α-hetero) is 1. The van der Waals surface area contributed by atoms with Gasteiger partial charge in [0.25, 0.3) is 0 Å². The van der Waals surface area contributed by atoms with Gasteiger partial charge < -0.3 is 20.9 Å². The van der Waals surface area contributed by atoms with Crippen LogP contribution in [0.5, 0.6) is 5.75 Å². The minimum Gasteiger partial charge on any atom is -0.505 e. The summed E-state index contributed by atoms with van der Waals surface area (Å²) in [6, 6.07) is 17.1. The molecule has 0 saturated heterocycles. The molecule has 0 saturated carbocycles. The molecule has 0 spiro atoms. The molecule has 0 aliphatic rings. The summed E-state index contributed by atoms with van der Waals surface area (Å²) in [5, 5.41) is 15.0. The number of hydrogen-bond acceptors (Lipinski definition) is 6. The number of halogens is 1. The van der Waals surface area contributed by atoms with Crippen LogP contribution in [0.1, 0.15) is 55.6 Å². The number of benzene rings is 3. The summed E-state index contributed by atoms with van der Waals surface area (Å²) in [6.45, 7) is 5.16. The summed E-state index contributed by atoms with van der Waals surface area (Å²) in [5.74, 6) is -1.79. The third kappa shape index (κ3) is 8.16. The summed E-state index contributed by atoms with van der Waals surface area (Å²) in [7, 11) is 0. The van der Waals surface area contributed by atoms with Gasteiger partial charge in [-0.25, -0.2) is 9.18 Å². The molecule has 3 aromatic rings. The lowest BCUT2D eigenvalue weighted by molar-refractivity contribution is -0.111. The molecule has 39 heavy (non-hydrogen) atoms. The first-order valence-corrected chi connectivity index (χ1v) is 12.4. The number of carbonyl (C=O) groups is 3. The molecular formula is C30H32FN3O5. The van der Waals surface area contributed by atoms with Crippen LogP contribution >= 0.6 is 0 Å². The molecule has 5 N–H and O–H groups in total. The molecule has 204 valence electrons. The maximum Gasteiger partial charge on any atom is 0.412 e. The topological polar surface area (TPSA) is 131 Å². The van der Waals surface area contributed by atoms with Crippen molar-refractivity contribution in [1.82, 2.24) is 0 Å². The van der Waals surface area contributed by atoms with E-state index in [1.807, 2.05) is 13.8 Å². The second-order valence-electron chi connectivity index (χ2n) is 9.76. The number of nitrogens with two attached hydrogens (primary N) is 1. The van der Waals surface area contributed by atoms with Gasteiger partial charge in [0.2, 0.25) is 5.91 Å². The largest absolute Gasteiger partial charge is 0.505 e. The number of para-hydroxylation sites is 2. The normalized spacial score (nSPS) is 12.1. The van der Waals surface area contributed by atoms with Crippen LogP contribution in [0.3, 0.4) is 0 Å². The van der Waals surface area contributed by atoms with Gasteiger partial charge in [0, 0.05) is 16.7 Å². The van der Waals surface area contributed by atoms with Crippen LogP contribution in [0.2, 0.25) is 0 Å². The second-order valence-corrected chi connectivity index (χ2v) is 9.76. The zero-order chi connectivity index (χ0) is 28.6. The number of aromatic hydroxyl groups is 1. The Balaban J connectivity index is 1.70. The van der Waals surface area contributed by atoms with Gasteiger partial charge in [-0.1, -0.05) is 38.1 Å². The fourth-order valence-corrected chi connectivity index (χ4v) is 3.97. The summed E-state index contributed by atoms with van der Waals surface area (Å²) in [5.41, 5.74) is 7.40. The zero-order valence-electron chi connectivity index (χ0n) is 22.0. The highest BCUT2D eigenvalue weighted by Crippen LogP contribution is 2.41. The van der Waals surface area contributed by atoms with Gasteiger partial charge in [0.15, 0.2) is 17.3 Å². The Labute approximate surface area is 226 Å². The molecule has 9 heteroatoms. The van der Waals surface area contributed by atoms with E-state index in [-0.39, 0.29) is 11.7 Å². The Morgan fingerprint density at radius 2 is 1.74 bits per heavy atom. The van der Waals surface area contributed by atoms with Crippen LogP contribution in [-0.2, 0) is 9.53 Å². The number of carbonyl (C=O) groups excluding carboxylic acids is 3. The molecule has 8 nitrogen and oxygen atoms in total. The Hall–Kier alpha value is -4.66. The number of allylic oxidation sites excluding steroid dienone is 1. The van der Waals surface area contributed by atoms with Gasteiger partial charge in [-0.05, 0) is 79.9 Å². The predicted octanol–water partition coefficient (Wildman–Crippen LogP) is 6.61. The summed E-state index contributed by atoms with van der Waals surface area (Å²) >= 11 is 0. The molecule has 3 aromatic carbocycles. The number of ether oxygens (including phenoxy) is 1. The zero-order valence-corrected chi connectivity index (χ0v) is 22.0. The first-order chi connectivity index (χ1) is 18.5. The van der Waals surface area contributed by atoms with Crippen molar-refractivity contribution < 1.29 is 28.6 Å². The molecule has 0 bridgehead atoms. The number of phenolic OH excluding ortho intramolecular Hbond substituents is 1. The SMILES string of the molecule is CC(=O)c1ccc(NC(=O)O[C@H](c2ccc(O)c(F)c2)C(C)(C)CC/C=C/C(=O)Nc2ccccc2N)cc1. The lowest BCUT2D eigenvalue weighted by Crippen LogP contribution is -2.29. The maximum atomic E-state index is 14.2. The molecular weight excluding hydrogens is 501 g/mol. The van der Waals surface area contributed by atoms with Gasteiger partial charge in [-0.15, -0.1) is 0 Å². The van der Waals surface area contributed by atoms with E-state index in [1.165, 1.54) is 25.1 Å². The number of anilines is 3. The van der Waals surface area contributed by atoms with Crippen molar-refractivity contribution in [3.05, 3.63) is 95.8 Å². The van der Waals surface area contributed by atoms with E-state index in [2.05, 4.69) is 10.6 Å². The molecule has 0 radical (unpaired) electrons. The van der Waals surface area contributed by atoms with E-state index < -0.39 is 29.2 Å². The highest BCUT2D eigenvalue weighted by atomic mass is 19.1.